The van der Waals surface area contributed by atoms with Crippen LogP contribution in [-0.2, 0) is 0 Å². The second-order valence-electron chi connectivity index (χ2n) is 4.56. The van der Waals surface area contributed by atoms with Gasteiger partial charge in [0.15, 0.2) is 0 Å². The van der Waals surface area contributed by atoms with E-state index in [0.29, 0.717) is 12.0 Å². The summed E-state index contributed by atoms with van der Waals surface area (Å²) < 4.78 is 1.23. The van der Waals surface area contributed by atoms with Crippen LogP contribution >= 0.6 is 27.7 Å². The largest absolute Gasteiger partial charge is 0.314 e. The quantitative estimate of drug-likeness (QED) is 0.805. The van der Waals surface area contributed by atoms with Crippen LogP contribution in [0.15, 0.2) is 28.7 Å². The summed E-state index contributed by atoms with van der Waals surface area (Å²) in [6.07, 6.45) is 3.40. The Morgan fingerprint density at radius 2 is 2.00 bits per heavy atom. The van der Waals surface area contributed by atoms with Gasteiger partial charge in [-0.3, -0.25) is 0 Å². The first-order valence-electron chi connectivity index (χ1n) is 6.12. The van der Waals surface area contributed by atoms with E-state index in [0.717, 1.165) is 6.54 Å². The highest BCUT2D eigenvalue weighted by Gasteiger charge is 2.14. The molecular weight excluding hydrogens is 294 g/mol. The molecule has 1 unspecified atom stereocenters. The first-order valence-corrected chi connectivity index (χ1v) is 8.30. The zero-order valence-corrected chi connectivity index (χ0v) is 13.3. The van der Waals surface area contributed by atoms with Gasteiger partial charge in [-0.05, 0) is 36.0 Å². The number of rotatable bonds is 7. The van der Waals surface area contributed by atoms with Crippen LogP contribution in [0.2, 0.25) is 0 Å². The SMILES string of the molecule is CSCCC(CNC(C)C)c1ccccc1Br. The van der Waals surface area contributed by atoms with E-state index in [1.54, 1.807) is 0 Å². The average Bonchev–Trinajstić information content (AvgIpc) is 2.30. The summed E-state index contributed by atoms with van der Waals surface area (Å²) in [5.74, 6) is 1.81. The molecule has 1 aromatic rings. The molecule has 0 amide bonds. The van der Waals surface area contributed by atoms with Crippen molar-refractivity contribution in [2.45, 2.75) is 32.2 Å². The van der Waals surface area contributed by atoms with Crippen molar-refractivity contribution in [3.05, 3.63) is 34.3 Å². The summed E-state index contributed by atoms with van der Waals surface area (Å²) >= 11 is 5.58. The van der Waals surface area contributed by atoms with E-state index < -0.39 is 0 Å². The third kappa shape index (κ3) is 5.45. The molecule has 0 heterocycles. The number of thioether (sulfide) groups is 1. The zero-order valence-electron chi connectivity index (χ0n) is 10.9. The number of benzene rings is 1. The van der Waals surface area contributed by atoms with Gasteiger partial charge in [0.2, 0.25) is 0 Å². The van der Waals surface area contributed by atoms with Gasteiger partial charge in [0.1, 0.15) is 0 Å². The molecule has 0 aromatic heterocycles. The molecule has 1 nitrogen and oxygen atoms in total. The molecule has 3 heteroatoms. The molecule has 0 bridgehead atoms. The molecule has 0 fully saturated rings. The molecule has 1 atom stereocenters. The number of nitrogens with one attached hydrogen (secondary N) is 1. The van der Waals surface area contributed by atoms with Crippen LogP contribution in [0.4, 0.5) is 0 Å². The predicted octanol–water partition coefficient (Wildman–Crippen LogP) is 4.28. The Hall–Kier alpha value is 0.01000. The topological polar surface area (TPSA) is 12.0 Å². The second-order valence-corrected chi connectivity index (χ2v) is 6.40. The summed E-state index contributed by atoms with van der Waals surface area (Å²) in [7, 11) is 0. The molecule has 0 spiro atoms. The van der Waals surface area contributed by atoms with Crippen LogP contribution in [0, 0.1) is 0 Å². The first-order chi connectivity index (χ1) is 8.15. The minimum Gasteiger partial charge on any atom is -0.314 e. The molecule has 0 aliphatic carbocycles. The van der Waals surface area contributed by atoms with Crippen molar-refractivity contribution in [2.24, 2.45) is 0 Å². The monoisotopic (exact) mass is 315 g/mol. The maximum absolute atomic E-state index is 3.66. The molecule has 0 radical (unpaired) electrons. The molecule has 0 saturated carbocycles. The minimum absolute atomic E-state index is 0.550. The van der Waals surface area contributed by atoms with Gasteiger partial charge >= 0.3 is 0 Å². The van der Waals surface area contributed by atoms with Crippen LogP contribution < -0.4 is 5.32 Å². The van der Waals surface area contributed by atoms with Gasteiger partial charge < -0.3 is 5.32 Å². The Labute approximate surface area is 118 Å². The van der Waals surface area contributed by atoms with E-state index in [2.05, 4.69) is 65.6 Å². The number of hydrogen-bond acceptors (Lipinski definition) is 2. The lowest BCUT2D eigenvalue weighted by atomic mass is 9.96. The Kier molecular flexibility index (Phi) is 7.24. The van der Waals surface area contributed by atoms with E-state index >= 15 is 0 Å². The van der Waals surface area contributed by atoms with Crippen molar-refractivity contribution in [1.82, 2.24) is 5.32 Å². The number of hydrogen-bond donors (Lipinski definition) is 1. The molecule has 1 rings (SSSR count). The van der Waals surface area contributed by atoms with Crippen LogP contribution in [0.3, 0.4) is 0 Å². The van der Waals surface area contributed by atoms with Crippen molar-refractivity contribution in [1.29, 1.82) is 0 Å². The van der Waals surface area contributed by atoms with Gasteiger partial charge in [-0.1, -0.05) is 48.0 Å². The Morgan fingerprint density at radius 3 is 2.59 bits per heavy atom. The van der Waals surface area contributed by atoms with Crippen LogP contribution in [-0.4, -0.2) is 24.6 Å². The van der Waals surface area contributed by atoms with Crippen LogP contribution in [0.5, 0.6) is 0 Å². The van der Waals surface area contributed by atoms with E-state index in [4.69, 9.17) is 0 Å². The predicted molar refractivity (Wildman–Crippen MR) is 83.0 cm³/mol. The van der Waals surface area contributed by atoms with E-state index in [-0.39, 0.29) is 0 Å². The van der Waals surface area contributed by atoms with E-state index in [1.165, 1.54) is 22.2 Å². The van der Waals surface area contributed by atoms with Gasteiger partial charge in [0.05, 0.1) is 0 Å². The van der Waals surface area contributed by atoms with E-state index in [9.17, 15) is 0 Å². The fraction of sp³-hybridized carbons (Fsp3) is 0.571. The van der Waals surface area contributed by atoms with Crippen molar-refractivity contribution in [3.63, 3.8) is 0 Å². The zero-order chi connectivity index (χ0) is 12.7. The molecule has 1 aromatic carbocycles. The van der Waals surface area contributed by atoms with Crippen LogP contribution in [0.1, 0.15) is 31.7 Å². The van der Waals surface area contributed by atoms with Gasteiger partial charge in [0.25, 0.3) is 0 Å². The summed E-state index contributed by atoms with van der Waals surface area (Å²) in [5, 5.41) is 3.55. The maximum Gasteiger partial charge on any atom is 0.0210 e. The lowest BCUT2D eigenvalue weighted by molar-refractivity contribution is 0.521. The highest BCUT2D eigenvalue weighted by molar-refractivity contribution is 9.10. The van der Waals surface area contributed by atoms with Gasteiger partial charge in [0, 0.05) is 17.1 Å². The van der Waals surface area contributed by atoms with Crippen molar-refractivity contribution >= 4 is 27.7 Å². The van der Waals surface area contributed by atoms with Crippen LogP contribution in [0.25, 0.3) is 0 Å². The summed E-state index contributed by atoms with van der Waals surface area (Å²) in [5.41, 5.74) is 1.43. The van der Waals surface area contributed by atoms with Gasteiger partial charge in [-0.2, -0.15) is 11.8 Å². The van der Waals surface area contributed by atoms with Crippen molar-refractivity contribution < 1.29 is 0 Å². The summed E-state index contributed by atoms with van der Waals surface area (Å²) in [6.45, 7) is 5.46. The minimum atomic E-state index is 0.550. The Bertz CT molecular complexity index is 328. The van der Waals surface area contributed by atoms with Gasteiger partial charge in [-0.25, -0.2) is 0 Å². The third-order valence-corrected chi connectivity index (χ3v) is 4.15. The lowest BCUT2D eigenvalue weighted by Crippen LogP contribution is -2.28. The highest BCUT2D eigenvalue weighted by Crippen LogP contribution is 2.27. The third-order valence-electron chi connectivity index (χ3n) is 2.79. The number of halogens is 1. The lowest BCUT2D eigenvalue weighted by Gasteiger charge is -2.20. The Balaban J connectivity index is 2.71. The molecular formula is C14H22BrNS. The summed E-state index contributed by atoms with van der Waals surface area (Å²) in [4.78, 5) is 0. The second kappa shape index (κ2) is 8.17. The molecule has 96 valence electrons. The van der Waals surface area contributed by atoms with Gasteiger partial charge in [-0.15, -0.1) is 0 Å². The van der Waals surface area contributed by atoms with Crippen molar-refractivity contribution in [3.8, 4) is 0 Å². The first kappa shape index (κ1) is 15.1. The molecule has 0 aliphatic rings. The highest BCUT2D eigenvalue weighted by atomic mass is 79.9. The van der Waals surface area contributed by atoms with E-state index in [1.807, 2.05) is 11.8 Å². The summed E-state index contributed by atoms with van der Waals surface area (Å²) in [6, 6.07) is 9.12. The average molecular weight is 316 g/mol. The maximum atomic E-state index is 3.66. The normalized spacial score (nSPS) is 13.0. The van der Waals surface area contributed by atoms with Crippen molar-refractivity contribution in [2.75, 3.05) is 18.6 Å². The Morgan fingerprint density at radius 1 is 1.29 bits per heavy atom. The standard InChI is InChI=1S/C14H22BrNS/c1-11(2)16-10-12(8-9-17-3)13-6-4-5-7-14(13)15/h4-7,11-12,16H,8-10H2,1-3H3. The fourth-order valence-corrected chi connectivity index (χ4v) is 2.94. The smallest absolute Gasteiger partial charge is 0.0210 e. The fourth-order valence-electron chi connectivity index (χ4n) is 1.81. The molecule has 1 N–H and O–H groups in total. The molecule has 0 saturated heterocycles. The molecule has 0 aliphatic heterocycles. The molecule has 17 heavy (non-hydrogen) atoms.